The summed E-state index contributed by atoms with van der Waals surface area (Å²) in [5.74, 6) is 3.86. The molecule has 1 unspecified atom stereocenters. The third-order valence-corrected chi connectivity index (χ3v) is 4.34. The number of thioether (sulfide) groups is 1. The quantitative estimate of drug-likeness (QED) is 0.836. The molecule has 1 saturated heterocycles. The van der Waals surface area contributed by atoms with E-state index in [1.807, 2.05) is 18.0 Å². The molecular weight excluding hydrogens is 208 g/mol. The van der Waals surface area contributed by atoms with Gasteiger partial charge in [0.05, 0.1) is 11.7 Å². The Morgan fingerprint density at radius 1 is 1.47 bits per heavy atom. The second kappa shape index (κ2) is 4.18. The molecule has 4 heteroatoms. The van der Waals surface area contributed by atoms with Gasteiger partial charge in [0.15, 0.2) is 0 Å². The van der Waals surface area contributed by atoms with Crippen molar-refractivity contribution in [3.05, 3.63) is 17.8 Å². The lowest BCUT2D eigenvalue weighted by Gasteiger charge is -2.23. The maximum absolute atomic E-state index is 5.57. The first-order valence-electron chi connectivity index (χ1n) is 5.70. The molecule has 0 bridgehead atoms. The molecule has 82 valence electrons. The lowest BCUT2D eigenvalue weighted by molar-refractivity contribution is 0.409. The summed E-state index contributed by atoms with van der Waals surface area (Å²) in [6, 6.07) is 0.331. The minimum absolute atomic E-state index is 0.331. The van der Waals surface area contributed by atoms with E-state index in [0.717, 1.165) is 18.2 Å². The normalized spacial score (nSPS) is 27.6. The number of hydrogen-bond acceptors (Lipinski definition) is 4. The van der Waals surface area contributed by atoms with Gasteiger partial charge in [0.1, 0.15) is 6.26 Å². The third-order valence-electron chi connectivity index (χ3n) is 3.28. The van der Waals surface area contributed by atoms with Gasteiger partial charge in [0, 0.05) is 24.0 Å². The zero-order chi connectivity index (χ0) is 10.1. The Kier molecular flexibility index (Phi) is 2.71. The molecule has 2 fully saturated rings. The summed E-state index contributed by atoms with van der Waals surface area (Å²) in [4.78, 5) is 4.61. The maximum Gasteiger partial charge on any atom is 0.212 e. The van der Waals surface area contributed by atoms with Crippen LogP contribution in [-0.4, -0.2) is 23.0 Å². The molecule has 2 heterocycles. The van der Waals surface area contributed by atoms with Gasteiger partial charge in [-0.25, -0.2) is 4.98 Å². The number of hydrogen-bond donors (Lipinski definition) is 1. The van der Waals surface area contributed by atoms with Gasteiger partial charge >= 0.3 is 0 Å². The minimum Gasteiger partial charge on any atom is -0.447 e. The molecular formula is C11H16N2OS. The zero-order valence-corrected chi connectivity index (χ0v) is 9.55. The first-order valence-corrected chi connectivity index (χ1v) is 6.85. The molecule has 1 aromatic heterocycles. The lowest BCUT2D eigenvalue weighted by atomic mass is 9.83. The Hall–Kier alpha value is -0.480. The summed E-state index contributed by atoms with van der Waals surface area (Å²) in [5, 5.41) is 3.45. The molecule has 1 N–H and O–H groups in total. The minimum atomic E-state index is 0.331. The molecule has 0 radical (unpaired) electrons. The molecule has 1 aromatic rings. The van der Waals surface area contributed by atoms with Gasteiger partial charge in [-0.15, -0.1) is 0 Å². The van der Waals surface area contributed by atoms with Crippen molar-refractivity contribution in [1.82, 2.24) is 10.3 Å². The molecule has 15 heavy (non-hydrogen) atoms. The summed E-state index contributed by atoms with van der Waals surface area (Å²) < 4.78 is 5.57. The van der Waals surface area contributed by atoms with Crippen molar-refractivity contribution in [2.75, 3.05) is 18.1 Å². The Morgan fingerprint density at radius 2 is 2.40 bits per heavy atom. The number of aromatic nitrogens is 1. The zero-order valence-electron chi connectivity index (χ0n) is 8.74. The second-order valence-corrected chi connectivity index (χ2v) is 5.47. The average molecular weight is 224 g/mol. The first-order chi connectivity index (χ1) is 7.43. The van der Waals surface area contributed by atoms with Gasteiger partial charge in [0.2, 0.25) is 5.89 Å². The average Bonchev–Trinajstić information content (AvgIpc) is 2.66. The van der Waals surface area contributed by atoms with E-state index in [-0.39, 0.29) is 0 Å². The monoisotopic (exact) mass is 224 g/mol. The Morgan fingerprint density at radius 3 is 3.07 bits per heavy atom. The number of oxazole rings is 1. The van der Waals surface area contributed by atoms with Crippen LogP contribution < -0.4 is 5.32 Å². The van der Waals surface area contributed by atoms with E-state index in [4.69, 9.17) is 4.42 Å². The van der Waals surface area contributed by atoms with Crippen LogP contribution in [0.2, 0.25) is 0 Å². The van der Waals surface area contributed by atoms with Gasteiger partial charge in [-0.1, -0.05) is 6.42 Å². The summed E-state index contributed by atoms with van der Waals surface area (Å²) in [6.45, 7) is 1.07. The molecule has 1 atom stereocenters. The largest absolute Gasteiger partial charge is 0.447 e. The van der Waals surface area contributed by atoms with Crippen molar-refractivity contribution in [3.63, 3.8) is 0 Å². The second-order valence-electron chi connectivity index (χ2n) is 4.32. The molecule has 3 rings (SSSR count). The van der Waals surface area contributed by atoms with Crippen molar-refractivity contribution in [2.45, 2.75) is 31.2 Å². The van der Waals surface area contributed by atoms with Crippen molar-refractivity contribution < 1.29 is 4.42 Å². The molecule has 3 nitrogen and oxygen atoms in total. The fourth-order valence-electron chi connectivity index (χ4n) is 2.08. The predicted octanol–water partition coefficient (Wildman–Crippen LogP) is 2.32. The summed E-state index contributed by atoms with van der Waals surface area (Å²) >= 11 is 1.97. The predicted molar refractivity (Wildman–Crippen MR) is 61.2 cm³/mol. The van der Waals surface area contributed by atoms with E-state index in [0.29, 0.717) is 12.0 Å². The van der Waals surface area contributed by atoms with Crippen LogP contribution in [0.4, 0.5) is 0 Å². The third kappa shape index (κ3) is 1.93. The van der Waals surface area contributed by atoms with Crippen LogP contribution in [0.25, 0.3) is 0 Å². The Labute approximate surface area is 94.0 Å². The highest BCUT2D eigenvalue weighted by Gasteiger charge is 2.25. The molecule has 2 aliphatic rings. The van der Waals surface area contributed by atoms with E-state index >= 15 is 0 Å². The fraction of sp³-hybridized carbons (Fsp3) is 0.727. The van der Waals surface area contributed by atoms with Crippen molar-refractivity contribution in [2.24, 2.45) is 0 Å². The van der Waals surface area contributed by atoms with Crippen LogP contribution in [-0.2, 0) is 0 Å². The highest BCUT2D eigenvalue weighted by Crippen LogP contribution is 2.36. The van der Waals surface area contributed by atoms with E-state index in [9.17, 15) is 0 Å². The molecule has 1 saturated carbocycles. The molecule has 0 aromatic carbocycles. The highest BCUT2D eigenvalue weighted by atomic mass is 32.2. The molecule has 1 aliphatic carbocycles. The van der Waals surface area contributed by atoms with Crippen LogP contribution in [0, 0.1) is 0 Å². The van der Waals surface area contributed by atoms with E-state index in [1.54, 1.807) is 0 Å². The fourth-order valence-corrected chi connectivity index (χ4v) is 3.00. The Bertz CT molecular complexity index is 329. The number of rotatable bonds is 2. The first kappa shape index (κ1) is 9.73. The molecule has 0 amide bonds. The summed E-state index contributed by atoms with van der Waals surface area (Å²) in [6.07, 6.45) is 5.79. The van der Waals surface area contributed by atoms with E-state index in [2.05, 4.69) is 10.3 Å². The molecule has 1 aliphatic heterocycles. The lowest BCUT2D eigenvalue weighted by Crippen LogP contribution is -2.30. The number of nitrogens with zero attached hydrogens (tertiary/aromatic N) is 1. The van der Waals surface area contributed by atoms with E-state index in [1.165, 1.54) is 30.7 Å². The van der Waals surface area contributed by atoms with Gasteiger partial charge < -0.3 is 9.73 Å². The number of nitrogens with one attached hydrogen (secondary N) is 1. The summed E-state index contributed by atoms with van der Waals surface area (Å²) in [7, 11) is 0. The van der Waals surface area contributed by atoms with Gasteiger partial charge in [-0.3, -0.25) is 0 Å². The Balaban J connectivity index is 1.71. The maximum atomic E-state index is 5.57. The van der Waals surface area contributed by atoms with Crippen LogP contribution in [0.3, 0.4) is 0 Å². The molecule has 0 spiro atoms. The van der Waals surface area contributed by atoms with Crippen molar-refractivity contribution in [1.29, 1.82) is 0 Å². The van der Waals surface area contributed by atoms with Crippen LogP contribution in [0.5, 0.6) is 0 Å². The van der Waals surface area contributed by atoms with E-state index < -0.39 is 0 Å². The van der Waals surface area contributed by atoms with Crippen molar-refractivity contribution >= 4 is 11.8 Å². The smallest absolute Gasteiger partial charge is 0.212 e. The topological polar surface area (TPSA) is 38.1 Å². The van der Waals surface area contributed by atoms with Gasteiger partial charge in [-0.2, -0.15) is 11.8 Å². The highest BCUT2D eigenvalue weighted by molar-refractivity contribution is 7.99. The van der Waals surface area contributed by atoms with Crippen LogP contribution in [0.15, 0.2) is 10.7 Å². The van der Waals surface area contributed by atoms with Crippen LogP contribution in [0.1, 0.15) is 42.8 Å². The van der Waals surface area contributed by atoms with Crippen LogP contribution >= 0.6 is 11.8 Å². The van der Waals surface area contributed by atoms with Crippen molar-refractivity contribution in [3.8, 4) is 0 Å². The standard InChI is InChI=1S/C11H16N2OS/c1-2-8(3-1)9-6-14-11(13-9)10-7-15-5-4-12-10/h6,8,10,12H,1-5,7H2. The van der Waals surface area contributed by atoms with Gasteiger partial charge in [0.25, 0.3) is 0 Å². The van der Waals surface area contributed by atoms with Gasteiger partial charge in [-0.05, 0) is 12.8 Å². The summed E-state index contributed by atoms with van der Waals surface area (Å²) in [5.41, 5.74) is 1.17. The SMILES string of the molecule is c1oc(C2CSCCN2)nc1C1CCC1.